The number of fused-ring (bicyclic) bond motifs is 4. The van der Waals surface area contributed by atoms with Crippen molar-refractivity contribution in [1.29, 1.82) is 0 Å². The van der Waals surface area contributed by atoms with E-state index in [-0.39, 0.29) is 22.9 Å². The van der Waals surface area contributed by atoms with Crippen LogP contribution in [0.25, 0.3) is 22.0 Å². The van der Waals surface area contributed by atoms with Gasteiger partial charge >= 0.3 is 0 Å². The summed E-state index contributed by atoms with van der Waals surface area (Å²) in [4.78, 5) is 33.4. The lowest BCUT2D eigenvalue weighted by molar-refractivity contribution is -0.0196. The van der Waals surface area contributed by atoms with Gasteiger partial charge in [0.05, 0.1) is 17.3 Å². The Balaban J connectivity index is 1.00. The van der Waals surface area contributed by atoms with Crippen LogP contribution in [0.15, 0.2) is 59.8 Å². The molecule has 0 radical (unpaired) electrons. The minimum absolute atomic E-state index is 0.0506. The zero-order chi connectivity index (χ0) is 23.6. The van der Waals surface area contributed by atoms with E-state index in [1.54, 1.807) is 6.20 Å². The van der Waals surface area contributed by atoms with Crippen molar-refractivity contribution in [3.05, 3.63) is 82.2 Å². The number of ether oxygens (including phenoxy) is 1. The maximum Gasteiger partial charge on any atom is 0.272 e. The summed E-state index contributed by atoms with van der Waals surface area (Å²) in [7, 11) is 0. The number of nitrogens with one attached hydrogen (secondary N) is 2. The summed E-state index contributed by atoms with van der Waals surface area (Å²) >= 11 is 0. The maximum atomic E-state index is 12.9. The van der Waals surface area contributed by atoms with Gasteiger partial charge in [-0.25, -0.2) is 15.1 Å². The van der Waals surface area contributed by atoms with E-state index in [0.717, 1.165) is 53.6 Å². The van der Waals surface area contributed by atoms with Crippen molar-refractivity contribution in [3.63, 3.8) is 0 Å². The summed E-state index contributed by atoms with van der Waals surface area (Å²) in [5.74, 6) is 0.965. The van der Waals surface area contributed by atoms with Gasteiger partial charge in [-0.2, -0.15) is 5.10 Å². The summed E-state index contributed by atoms with van der Waals surface area (Å²) in [6.07, 6.45) is 7.22. The normalized spacial score (nSPS) is 24.0. The van der Waals surface area contributed by atoms with Gasteiger partial charge in [0.25, 0.3) is 11.5 Å². The first-order valence-electron chi connectivity index (χ1n) is 11.9. The van der Waals surface area contributed by atoms with E-state index in [2.05, 4.69) is 25.5 Å². The molecular weight excluding hydrogens is 442 g/mol. The number of benzene rings is 2. The topological polar surface area (TPSA) is 110 Å². The van der Waals surface area contributed by atoms with Crippen LogP contribution >= 0.6 is 0 Å². The van der Waals surface area contributed by atoms with Crippen molar-refractivity contribution in [2.24, 2.45) is 5.41 Å². The Morgan fingerprint density at radius 3 is 2.77 bits per heavy atom. The Bertz CT molecular complexity index is 1550. The molecule has 0 atom stereocenters. The minimum Gasteiger partial charge on any atom is -0.485 e. The maximum absolute atomic E-state index is 12.9. The summed E-state index contributed by atoms with van der Waals surface area (Å²) in [5, 5.41) is 11.9. The zero-order valence-corrected chi connectivity index (χ0v) is 19.0. The average molecular weight is 466 g/mol. The first kappa shape index (κ1) is 20.3. The number of hydrogen-bond donors (Lipinski definition) is 2. The van der Waals surface area contributed by atoms with Crippen LogP contribution in [0.5, 0.6) is 5.75 Å². The molecule has 3 aliphatic rings. The Morgan fingerprint density at radius 2 is 1.91 bits per heavy atom. The third-order valence-electron chi connectivity index (χ3n) is 7.85. The predicted octanol–water partition coefficient (Wildman–Crippen LogP) is 3.73. The van der Waals surface area contributed by atoms with Crippen LogP contribution in [0.4, 0.5) is 0 Å². The van der Waals surface area contributed by atoms with Crippen LogP contribution in [0.1, 0.15) is 53.2 Å². The smallest absolute Gasteiger partial charge is 0.272 e. The number of nitrogens with zero attached hydrogens (tertiary/aromatic N) is 3. The van der Waals surface area contributed by atoms with Gasteiger partial charge in [0.1, 0.15) is 18.6 Å². The fraction of sp³-hybridized carbons (Fsp3) is 0.296. The molecule has 2 N–H and O–H groups in total. The Hall–Kier alpha value is -4.07. The van der Waals surface area contributed by atoms with Crippen LogP contribution < -0.4 is 15.6 Å². The van der Waals surface area contributed by atoms with Gasteiger partial charge in [-0.15, -0.1) is 0 Å². The fourth-order valence-corrected chi connectivity index (χ4v) is 6.18. The first-order valence-corrected chi connectivity index (χ1v) is 11.9. The molecule has 1 spiro atoms. The first-order chi connectivity index (χ1) is 17.1. The summed E-state index contributed by atoms with van der Waals surface area (Å²) in [5.41, 5.74) is 4.46. The summed E-state index contributed by atoms with van der Waals surface area (Å²) in [6.45, 7) is 0.401. The van der Waals surface area contributed by atoms with Gasteiger partial charge in [-0.1, -0.05) is 24.3 Å². The van der Waals surface area contributed by atoms with E-state index in [1.807, 2.05) is 42.5 Å². The molecule has 7 rings (SSSR count). The van der Waals surface area contributed by atoms with Gasteiger partial charge in [0.2, 0.25) is 0 Å². The van der Waals surface area contributed by atoms with Crippen molar-refractivity contribution in [2.45, 2.75) is 44.2 Å². The summed E-state index contributed by atoms with van der Waals surface area (Å²) in [6, 6.07) is 13.5. The summed E-state index contributed by atoms with van der Waals surface area (Å²) < 4.78 is 5.75. The molecule has 3 heterocycles. The van der Waals surface area contributed by atoms with Crippen LogP contribution in [-0.2, 0) is 6.61 Å². The lowest BCUT2D eigenvalue weighted by atomic mass is 9.49. The number of rotatable bonds is 3. The highest BCUT2D eigenvalue weighted by Gasteiger charge is 2.54. The number of carbonyl (C=O) groups excluding carboxylic acids is 1. The molecule has 8 heteroatoms. The number of carbonyl (C=O) groups is 1. The van der Waals surface area contributed by atoms with Gasteiger partial charge in [0.15, 0.2) is 5.75 Å². The second-order valence-electron chi connectivity index (χ2n) is 10.1. The van der Waals surface area contributed by atoms with Crippen molar-refractivity contribution in [1.82, 2.24) is 25.5 Å². The molecule has 2 fully saturated rings. The molecule has 2 saturated carbocycles. The molecular formula is C27H23N5O3. The molecule has 174 valence electrons. The molecule has 0 unspecified atom stereocenters. The molecule has 1 amide bonds. The van der Waals surface area contributed by atoms with E-state index >= 15 is 0 Å². The van der Waals surface area contributed by atoms with Crippen LogP contribution in [0.3, 0.4) is 0 Å². The van der Waals surface area contributed by atoms with Gasteiger partial charge in [0, 0.05) is 28.5 Å². The third kappa shape index (κ3) is 3.24. The van der Waals surface area contributed by atoms with Crippen LogP contribution in [-0.4, -0.2) is 32.1 Å². The van der Waals surface area contributed by atoms with Gasteiger partial charge in [-0.3, -0.25) is 9.59 Å². The van der Waals surface area contributed by atoms with Gasteiger partial charge < -0.3 is 10.1 Å². The highest BCUT2D eigenvalue weighted by atomic mass is 16.5. The number of hydrogen-bond acceptors (Lipinski definition) is 6. The Morgan fingerprint density at radius 1 is 1.09 bits per heavy atom. The Labute approximate surface area is 200 Å². The molecule has 1 aliphatic heterocycles. The minimum atomic E-state index is -0.143. The molecule has 2 aromatic carbocycles. The highest BCUT2D eigenvalue weighted by molar-refractivity contribution is 5.95. The van der Waals surface area contributed by atoms with E-state index in [9.17, 15) is 9.59 Å². The van der Waals surface area contributed by atoms with Gasteiger partial charge in [-0.05, 0) is 54.9 Å². The SMILES string of the molecule is O=C(N[C@H]1CC2(C1)C[C@H](c1n[nH]c(=O)c3ccccc31)C2)c1ccc2c(c1)COc1cncnc1-2. The average Bonchev–Trinajstić information content (AvgIpc) is 2.85. The molecule has 4 aromatic rings. The van der Waals surface area contributed by atoms with Crippen LogP contribution in [0.2, 0.25) is 0 Å². The highest BCUT2D eigenvalue weighted by Crippen LogP contribution is 2.62. The van der Waals surface area contributed by atoms with Crippen molar-refractivity contribution >= 4 is 16.7 Å². The van der Waals surface area contributed by atoms with E-state index in [4.69, 9.17) is 4.74 Å². The molecule has 35 heavy (non-hydrogen) atoms. The molecule has 2 aliphatic carbocycles. The quantitative estimate of drug-likeness (QED) is 0.477. The monoisotopic (exact) mass is 465 g/mol. The third-order valence-corrected chi connectivity index (χ3v) is 7.85. The lowest BCUT2D eigenvalue weighted by Gasteiger charge is -2.57. The Kier molecular flexibility index (Phi) is 4.33. The van der Waals surface area contributed by atoms with E-state index < -0.39 is 0 Å². The number of H-pyrrole nitrogens is 1. The second kappa shape index (κ2) is 7.46. The van der Waals surface area contributed by atoms with E-state index in [1.165, 1.54) is 6.33 Å². The molecule has 0 bridgehead atoms. The number of aromatic nitrogens is 4. The largest absolute Gasteiger partial charge is 0.485 e. The number of aromatic amines is 1. The fourth-order valence-electron chi connectivity index (χ4n) is 6.18. The standard InChI is InChI=1S/C27H23N5O3/c33-25(15-5-6-19-16(7-15)13-35-22-12-28-14-29-24(19)22)30-18-10-27(11-18)8-17(9-27)23-20-3-1-2-4-21(20)26(34)32-31-23/h1-7,12,14,17-18H,8-11,13H2,(H,30,33)(H,32,34)/t17-,18-,27?. The van der Waals surface area contributed by atoms with E-state index in [0.29, 0.717) is 29.2 Å². The number of amides is 1. The molecule has 0 saturated heterocycles. The molecule has 8 nitrogen and oxygen atoms in total. The van der Waals surface area contributed by atoms with Crippen molar-refractivity contribution in [3.8, 4) is 17.0 Å². The lowest BCUT2D eigenvalue weighted by Crippen LogP contribution is -2.55. The van der Waals surface area contributed by atoms with Crippen molar-refractivity contribution < 1.29 is 9.53 Å². The zero-order valence-electron chi connectivity index (χ0n) is 19.0. The van der Waals surface area contributed by atoms with Crippen LogP contribution in [0, 0.1) is 5.41 Å². The molecule has 2 aromatic heterocycles. The second-order valence-corrected chi connectivity index (χ2v) is 10.1. The predicted molar refractivity (Wildman–Crippen MR) is 129 cm³/mol. The van der Waals surface area contributed by atoms with Crippen molar-refractivity contribution in [2.75, 3.05) is 0 Å².